The van der Waals surface area contributed by atoms with Crippen molar-refractivity contribution in [2.75, 3.05) is 7.11 Å². The van der Waals surface area contributed by atoms with E-state index in [0.717, 1.165) is 39.1 Å². The molecule has 4 aromatic rings. The van der Waals surface area contributed by atoms with E-state index in [-0.39, 0.29) is 0 Å². The lowest BCUT2D eigenvalue weighted by Gasteiger charge is -2.06. The second-order valence-corrected chi connectivity index (χ2v) is 5.18. The average molecular weight is 302 g/mol. The van der Waals surface area contributed by atoms with E-state index in [0.29, 0.717) is 0 Å². The van der Waals surface area contributed by atoms with Gasteiger partial charge in [0.25, 0.3) is 0 Å². The summed E-state index contributed by atoms with van der Waals surface area (Å²) < 4.78 is 10.9. The van der Waals surface area contributed by atoms with Crippen molar-refractivity contribution in [2.24, 2.45) is 0 Å². The third-order valence-electron chi connectivity index (χ3n) is 3.84. The topological polar surface area (TPSA) is 48.2 Å². The fraction of sp³-hybridized carbons (Fsp3) is 0.0526. The molecule has 0 atom stereocenters. The number of hydrogen-bond donors (Lipinski definition) is 0. The Bertz CT molecular complexity index is 970. The lowest BCUT2D eigenvalue weighted by Crippen LogP contribution is -1.86. The highest BCUT2D eigenvalue weighted by atomic mass is 16.5. The van der Waals surface area contributed by atoms with Crippen LogP contribution in [0.2, 0.25) is 0 Å². The monoisotopic (exact) mass is 302 g/mol. The molecule has 2 aromatic carbocycles. The zero-order chi connectivity index (χ0) is 15.6. The van der Waals surface area contributed by atoms with Gasteiger partial charge in [-0.15, -0.1) is 0 Å². The molecule has 0 unspecified atom stereocenters. The van der Waals surface area contributed by atoms with Crippen molar-refractivity contribution in [1.82, 2.24) is 10.1 Å². The predicted octanol–water partition coefficient (Wildman–Crippen LogP) is 4.57. The smallest absolute Gasteiger partial charge is 0.175 e. The SMILES string of the molecule is COc1cccc(-c2cnoc2-c2ccnc3ccccc23)c1. The molecule has 0 amide bonds. The number of ether oxygens (including phenoxy) is 1. The molecule has 0 aliphatic carbocycles. The molecular weight excluding hydrogens is 288 g/mol. The molecule has 0 radical (unpaired) electrons. The maximum absolute atomic E-state index is 5.57. The molecule has 23 heavy (non-hydrogen) atoms. The van der Waals surface area contributed by atoms with E-state index in [9.17, 15) is 0 Å². The summed E-state index contributed by atoms with van der Waals surface area (Å²) >= 11 is 0. The van der Waals surface area contributed by atoms with Crippen LogP contribution in [0.5, 0.6) is 5.75 Å². The van der Waals surface area contributed by atoms with Crippen molar-refractivity contribution >= 4 is 10.9 Å². The first-order chi connectivity index (χ1) is 11.4. The van der Waals surface area contributed by atoms with Gasteiger partial charge in [0.15, 0.2) is 5.76 Å². The normalized spacial score (nSPS) is 10.8. The van der Waals surface area contributed by atoms with Crippen molar-refractivity contribution in [2.45, 2.75) is 0 Å². The van der Waals surface area contributed by atoms with Gasteiger partial charge in [0, 0.05) is 22.7 Å². The number of nitrogens with zero attached hydrogens (tertiary/aromatic N) is 2. The van der Waals surface area contributed by atoms with Crippen LogP contribution in [0.1, 0.15) is 0 Å². The molecule has 0 bridgehead atoms. The minimum atomic E-state index is 0.733. The second-order valence-electron chi connectivity index (χ2n) is 5.18. The van der Waals surface area contributed by atoms with Gasteiger partial charge < -0.3 is 9.26 Å². The van der Waals surface area contributed by atoms with Crippen molar-refractivity contribution in [3.8, 4) is 28.2 Å². The number of pyridine rings is 1. The van der Waals surface area contributed by atoms with Crippen LogP contribution >= 0.6 is 0 Å². The van der Waals surface area contributed by atoms with E-state index in [4.69, 9.17) is 9.26 Å². The molecule has 0 saturated carbocycles. The van der Waals surface area contributed by atoms with Crippen LogP contribution in [0, 0.1) is 0 Å². The predicted molar refractivity (Wildman–Crippen MR) is 89.2 cm³/mol. The summed E-state index contributed by atoms with van der Waals surface area (Å²) in [5.41, 5.74) is 3.84. The van der Waals surface area contributed by atoms with Gasteiger partial charge >= 0.3 is 0 Å². The zero-order valence-electron chi connectivity index (χ0n) is 12.6. The number of rotatable bonds is 3. The largest absolute Gasteiger partial charge is 0.497 e. The van der Waals surface area contributed by atoms with Gasteiger partial charge in [-0.25, -0.2) is 0 Å². The molecular formula is C19H14N2O2. The summed E-state index contributed by atoms with van der Waals surface area (Å²) in [6.07, 6.45) is 3.52. The van der Waals surface area contributed by atoms with Crippen LogP contribution in [0.4, 0.5) is 0 Å². The number of benzene rings is 2. The van der Waals surface area contributed by atoms with E-state index < -0.39 is 0 Å². The lowest BCUT2D eigenvalue weighted by molar-refractivity contribution is 0.415. The molecule has 2 aromatic heterocycles. The Morgan fingerprint density at radius 1 is 0.957 bits per heavy atom. The summed E-state index contributed by atoms with van der Waals surface area (Å²) in [6.45, 7) is 0. The quantitative estimate of drug-likeness (QED) is 0.556. The highest BCUT2D eigenvalue weighted by Gasteiger charge is 2.15. The van der Waals surface area contributed by atoms with Gasteiger partial charge in [0.2, 0.25) is 0 Å². The van der Waals surface area contributed by atoms with Crippen LogP contribution in [-0.2, 0) is 0 Å². The molecule has 0 N–H and O–H groups in total. The fourth-order valence-corrected chi connectivity index (χ4v) is 2.72. The van der Waals surface area contributed by atoms with Crippen LogP contribution < -0.4 is 4.74 Å². The van der Waals surface area contributed by atoms with E-state index in [1.54, 1.807) is 19.5 Å². The zero-order valence-corrected chi connectivity index (χ0v) is 12.6. The van der Waals surface area contributed by atoms with Gasteiger partial charge in [-0.05, 0) is 29.8 Å². The highest BCUT2D eigenvalue weighted by molar-refractivity contribution is 5.96. The summed E-state index contributed by atoms with van der Waals surface area (Å²) in [4.78, 5) is 4.40. The van der Waals surface area contributed by atoms with E-state index in [2.05, 4.69) is 10.1 Å². The molecule has 4 nitrogen and oxygen atoms in total. The summed E-state index contributed by atoms with van der Waals surface area (Å²) in [7, 11) is 1.66. The Morgan fingerprint density at radius 3 is 2.78 bits per heavy atom. The maximum atomic E-state index is 5.57. The highest BCUT2D eigenvalue weighted by Crippen LogP contribution is 2.36. The van der Waals surface area contributed by atoms with E-state index in [1.807, 2.05) is 54.6 Å². The molecule has 2 heterocycles. The Balaban J connectivity index is 1.92. The minimum Gasteiger partial charge on any atom is -0.497 e. The average Bonchev–Trinajstić information content (AvgIpc) is 3.11. The van der Waals surface area contributed by atoms with E-state index in [1.165, 1.54) is 0 Å². The third-order valence-corrected chi connectivity index (χ3v) is 3.84. The molecule has 0 aliphatic heterocycles. The Labute approximate surface area is 133 Å². The van der Waals surface area contributed by atoms with Crippen LogP contribution in [0.25, 0.3) is 33.4 Å². The van der Waals surface area contributed by atoms with Crippen LogP contribution in [0.15, 0.2) is 71.5 Å². The Hall–Kier alpha value is -3.14. The Morgan fingerprint density at radius 2 is 1.87 bits per heavy atom. The number of hydrogen-bond acceptors (Lipinski definition) is 4. The first-order valence-corrected chi connectivity index (χ1v) is 7.30. The van der Waals surface area contributed by atoms with Crippen molar-refractivity contribution in [3.05, 3.63) is 67.0 Å². The third kappa shape index (κ3) is 2.34. The summed E-state index contributed by atoms with van der Waals surface area (Å²) in [5, 5.41) is 5.04. The summed E-state index contributed by atoms with van der Waals surface area (Å²) in [6, 6.07) is 17.8. The number of methoxy groups -OCH3 is 1. The first-order valence-electron chi connectivity index (χ1n) is 7.30. The molecule has 112 valence electrons. The van der Waals surface area contributed by atoms with Gasteiger partial charge in [-0.2, -0.15) is 0 Å². The second kappa shape index (κ2) is 5.57. The van der Waals surface area contributed by atoms with Gasteiger partial charge in [-0.1, -0.05) is 35.5 Å². The van der Waals surface area contributed by atoms with Gasteiger partial charge in [-0.3, -0.25) is 4.98 Å². The van der Waals surface area contributed by atoms with Crippen LogP contribution in [0.3, 0.4) is 0 Å². The molecule has 4 rings (SSSR count). The molecule has 0 spiro atoms. The molecule has 0 saturated heterocycles. The standard InChI is InChI=1S/C19H14N2O2/c1-22-14-6-4-5-13(11-14)17-12-21-23-19(17)16-9-10-20-18-8-3-2-7-15(16)18/h2-12H,1H3. The maximum Gasteiger partial charge on any atom is 0.175 e. The Kier molecular flexibility index (Phi) is 3.27. The van der Waals surface area contributed by atoms with Crippen LogP contribution in [-0.4, -0.2) is 17.3 Å². The molecule has 0 aliphatic rings. The number of para-hydroxylation sites is 1. The molecule has 0 fully saturated rings. The number of fused-ring (bicyclic) bond motifs is 1. The minimum absolute atomic E-state index is 0.733. The van der Waals surface area contributed by atoms with Gasteiger partial charge in [0.1, 0.15) is 5.75 Å². The molecule has 4 heteroatoms. The summed E-state index contributed by atoms with van der Waals surface area (Å²) in [5.74, 6) is 1.53. The van der Waals surface area contributed by atoms with Crippen molar-refractivity contribution in [1.29, 1.82) is 0 Å². The lowest BCUT2D eigenvalue weighted by atomic mass is 10.00. The number of aromatic nitrogens is 2. The van der Waals surface area contributed by atoms with Crippen molar-refractivity contribution < 1.29 is 9.26 Å². The van der Waals surface area contributed by atoms with Gasteiger partial charge in [0.05, 0.1) is 18.8 Å². The van der Waals surface area contributed by atoms with E-state index >= 15 is 0 Å². The van der Waals surface area contributed by atoms with Crippen molar-refractivity contribution in [3.63, 3.8) is 0 Å². The fourth-order valence-electron chi connectivity index (χ4n) is 2.72. The first kappa shape index (κ1) is 13.5.